The van der Waals surface area contributed by atoms with Crippen molar-refractivity contribution in [3.8, 4) is 11.5 Å². The molecule has 0 unspecified atom stereocenters. The summed E-state index contributed by atoms with van der Waals surface area (Å²) >= 11 is 0. The van der Waals surface area contributed by atoms with E-state index in [2.05, 4.69) is 27.3 Å². The summed E-state index contributed by atoms with van der Waals surface area (Å²) in [5.74, 6) is 1.05. The van der Waals surface area contributed by atoms with Gasteiger partial charge in [-0.15, -0.1) is 0 Å². The highest BCUT2D eigenvalue weighted by molar-refractivity contribution is 6.03. The highest BCUT2D eigenvalue weighted by Crippen LogP contribution is 2.32. The van der Waals surface area contributed by atoms with Gasteiger partial charge in [0.2, 0.25) is 0 Å². The van der Waals surface area contributed by atoms with Crippen LogP contribution in [0.25, 0.3) is 0 Å². The molecule has 3 aromatic rings. The molecule has 1 aliphatic rings. The molecule has 0 saturated carbocycles. The zero-order chi connectivity index (χ0) is 19.3. The Labute approximate surface area is 163 Å². The fourth-order valence-electron chi connectivity index (χ4n) is 3.01. The number of amides is 1. The molecule has 2 aromatic carbocycles. The molecule has 2 heterocycles. The van der Waals surface area contributed by atoms with E-state index in [1.54, 1.807) is 30.5 Å². The van der Waals surface area contributed by atoms with Gasteiger partial charge in [0.05, 0.1) is 11.9 Å². The zero-order valence-corrected chi connectivity index (χ0v) is 15.6. The number of hydrogen-bond donors (Lipinski definition) is 1. The minimum atomic E-state index is -0.269. The molecule has 1 N–H and O–H groups in total. The van der Waals surface area contributed by atoms with E-state index in [1.807, 2.05) is 31.3 Å². The number of ether oxygens (including phenoxy) is 2. The van der Waals surface area contributed by atoms with Crippen molar-refractivity contribution in [1.82, 2.24) is 4.98 Å². The van der Waals surface area contributed by atoms with Gasteiger partial charge in [-0.05, 0) is 29.8 Å². The second kappa shape index (κ2) is 8.00. The molecule has 0 radical (unpaired) electrons. The summed E-state index contributed by atoms with van der Waals surface area (Å²) in [6, 6.07) is 19.2. The summed E-state index contributed by atoms with van der Waals surface area (Å²) in [6.07, 6.45) is 1.71. The summed E-state index contributed by atoms with van der Waals surface area (Å²) in [5, 5.41) is 2.85. The molecule has 6 heteroatoms. The van der Waals surface area contributed by atoms with Crippen LogP contribution in [0.2, 0.25) is 0 Å². The molecule has 1 aliphatic heterocycles. The number of benzene rings is 2. The Morgan fingerprint density at radius 2 is 1.82 bits per heavy atom. The molecule has 0 fully saturated rings. The highest BCUT2D eigenvalue weighted by atomic mass is 16.6. The molecule has 0 spiro atoms. The summed E-state index contributed by atoms with van der Waals surface area (Å²) in [6.45, 7) is 1.81. The number of nitrogens with one attached hydrogen (secondary N) is 1. The van der Waals surface area contributed by atoms with Crippen molar-refractivity contribution >= 4 is 17.3 Å². The zero-order valence-electron chi connectivity index (χ0n) is 15.6. The topological polar surface area (TPSA) is 63.7 Å². The van der Waals surface area contributed by atoms with E-state index in [0.717, 1.165) is 12.2 Å². The van der Waals surface area contributed by atoms with E-state index < -0.39 is 0 Å². The standard InChI is InChI=1S/C22H21N3O3/c1-25(15-16-5-3-2-4-6-16)18-8-9-19(23-14-18)22(26)24-17-7-10-20-21(13-17)28-12-11-27-20/h2-10,13-14H,11-12,15H2,1H3,(H,24,26). The fraction of sp³-hybridized carbons (Fsp3) is 0.182. The lowest BCUT2D eigenvalue weighted by atomic mass is 10.2. The highest BCUT2D eigenvalue weighted by Gasteiger charge is 2.14. The molecule has 4 rings (SSSR count). The maximum Gasteiger partial charge on any atom is 0.274 e. The van der Waals surface area contributed by atoms with Crippen LogP contribution >= 0.6 is 0 Å². The number of aromatic nitrogens is 1. The minimum Gasteiger partial charge on any atom is -0.486 e. The number of carbonyl (C=O) groups is 1. The van der Waals surface area contributed by atoms with Gasteiger partial charge in [0.15, 0.2) is 11.5 Å². The van der Waals surface area contributed by atoms with Crippen molar-refractivity contribution in [2.45, 2.75) is 6.54 Å². The molecule has 0 bridgehead atoms. The van der Waals surface area contributed by atoms with Crippen LogP contribution in [0.5, 0.6) is 11.5 Å². The van der Waals surface area contributed by atoms with E-state index in [1.165, 1.54) is 5.56 Å². The lowest BCUT2D eigenvalue weighted by Crippen LogP contribution is -2.18. The smallest absolute Gasteiger partial charge is 0.274 e. The molecule has 0 atom stereocenters. The Balaban J connectivity index is 1.41. The Morgan fingerprint density at radius 1 is 1.04 bits per heavy atom. The molecular formula is C22H21N3O3. The van der Waals surface area contributed by atoms with Crippen LogP contribution in [0.3, 0.4) is 0 Å². The molecular weight excluding hydrogens is 354 g/mol. The normalized spacial score (nSPS) is 12.3. The van der Waals surface area contributed by atoms with Crippen molar-refractivity contribution < 1.29 is 14.3 Å². The van der Waals surface area contributed by atoms with Gasteiger partial charge in [-0.3, -0.25) is 4.79 Å². The molecule has 28 heavy (non-hydrogen) atoms. The first-order valence-electron chi connectivity index (χ1n) is 9.11. The molecule has 6 nitrogen and oxygen atoms in total. The van der Waals surface area contributed by atoms with E-state index in [-0.39, 0.29) is 5.91 Å². The monoisotopic (exact) mass is 375 g/mol. The summed E-state index contributed by atoms with van der Waals surface area (Å²) in [7, 11) is 2.00. The quantitative estimate of drug-likeness (QED) is 0.736. The molecule has 1 amide bonds. The van der Waals surface area contributed by atoms with Crippen LogP contribution in [0.1, 0.15) is 16.1 Å². The van der Waals surface area contributed by atoms with E-state index >= 15 is 0 Å². The van der Waals surface area contributed by atoms with Gasteiger partial charge in [-0.2, -0.15) is 0 Å². The first-order chi connectivity index (χ1) is 13.7. The Kier molecular flexibility index (Phi) is 5.10. The van der Waals surface area contributed by atoms with Crippen LogP contribution < -0.4 is 19.7 Å². The Morgan fingerprint density at radius 3 is 2.57 bits per heavy atom. The molecule has 0 aliphatic carbocycles. The predicted molar refractivity (Wildman–Crippen MR) is 108 cm³/mol. The summed E-state index contributed by atoms with van der Waals surface area (Å²) < 4.78 is 11.0. The number of anilines is 2. The van der Waals surface area contributed by atoms with E-state index in [4.69, 9.17) is 9.47 Å². The van der Waals surface area contributed by atoms with Crippen molar-refractivity contribution in [3.63, 3.8) is 0 Å². The van der Waals surface area contributed by atoms with Gasteiger partial charge < -0.3 is 19.7 Å². The largest absolute Gasteiger partial charge is 0.486 e. The van der Waals surface area contributed by atoms with Crippen LogP contribution in [-0.2, 0) is 6.54 Å². The molecule has 0 saturated heterocycles. The third kappa shape index (κ3) is 4.06. The van der Waals surface area contributed by atoms with Crippen LogP contribution in [-0.4, -0.2) is 31.2 Å². The van der Waals surface area contributed by atoms with E-state index in [9.17, 15) is 4.79 Å². The lowest BCUT2D eigenvalue weighted by Gasteiger charge is -2.19. The van der Waals surface area contributed by atoms with Crippen molar-refractivity contribution in [3.05, 3.63) is 78.1 Å². The fourth-order valence-corrected chi connectivity index (χ4v) is 3.01. The number of nitrogens with zero attached hydrogens (tertiary/aromatic N) is 2. The van der Waals surface area contributed by atoms with Crippen LogP contribution in [0.15, 0.2) is 66.9 Å². The van der Waals surface area contributed by atoms with Crippen molar-refractivity contribution in [1.29, 1.82) is 0 Å². The molecule has 1 aromatic heterocycles. The maximum atomic E-state index is 12.5. The average Bonchev–Trinajstić information content (AvgIpc) is 2.74. The first-order valence-corrected chi connectivity index (χ1v) is 9.11. The second-order valence-corrected chi connectivity index (χ2v) is 6.56. The first kappa shape index (κ1) is 17.9. The number of carbonyl (C=O) groups excluding carboxylic acids is 1. The van der Waals surface area contributed by atoms with Gasteiger partial charge in [0.1, 0.15) is 18.9 Å². The number of pyridine rings is 1. The number of fused-ring (bicyclic) bond motifs is 1. The Hall–Kier alpha value is -3.54. The van der Waals surface area contributed by atoms with Gasteiger partial charge in [-0.1, -0.05) is 30.3 Å². The van der Waals surface area contributed by atoms with Crippen LogP contribution in [0, 0.1) is 0 Å². The third-order valence-corrected chi connectivity index (χ3v) is 4.48. The van der Waals surface area contributed by atoms with Crippen molar-refractivity contribution in [2.24, 2.45) is 0 Å². The Bertz CT molecular complexity index is 959. The van der Waals surface area contributed by atoms with Crippen LogP contribution in [0.4, 0.5) is 11.4 Å². The lowest BCUT2D eigenvalue weighted by molar-refractivity contribution is 0.102. The summed E-state index contributed by atoms with van der Waals surface area (Å²) in [5.41, 5.74) is 3.15. The van der Waals surface area contributed by atoms with Gasteiger partial charge in [-0.25, -0.2) is 4.98 Å². The third-order valence-electron chi connectivity index (χ3n) is 4.48. The van der Waals surface area contributed by atoms with Gasteiger partial charge in [0, 0.05) is 25.3 Å². The second-order valence-electron chi connectivity index (χ2n) is 6.56. The summed E-state index contributed by atoms with van der Waals surface area (Å²) in [4.78, 5) is 18.9. The molecule has 142 valence electrons. The van der Waals surface area contributed by atoms with Crippen molar-refractivity contribution in [2.75, 3.05) is 30.5 Å². The maximum absolute atomic E-state index is 12.5. The van der Waals surface area contributed by atoms with Gasteiger partial charge >= 0.3 is 0 Å². The van der Waals surface area contributed by atoms with Gasteiger partial charge in [0.25, 0.3) is 5.91 Å². The number of hydrogen-bond acceptors (Lipinski definition) is 5. The minimum absolute atomic E-state index is 0.269. The average molecular weight is 375 g/mol. The van der Waals surface area contributed by atoms with E-state index in [0.29, 0.717) is 36.1 Å². The SMILES string of the molecule is CN(Cc1ccccc1)c1ccc(C(=O)Nc2ccc3c(c2)OCCO3)nc1. The number of rotatable bonds is 5. The predicted octanol–water partition coefficient (Wildman–Crippen LogP) is 3.74.